The van der Waals surface area contributed by atoms with Crippen LogP contribution in [0.3, 0.4) is 0 Å². The SMILES string of the molecule is COc1cccc(CC(=O)c2ccnnc2)c1. The average Bonchev–Trinajstić information content (AvgIpc) is 2.40. The van der Waals surface area contributed by atoms with Crippen molar-refractivity contribution < 1.29 is 9.53 Å². The van der Waals surface area contributed by atoms with Gasteiger partial charge in [0, 0.05) is 12.0 Å². The lowest BCUT2D eigenvalue weighted by atomic mass is 10.0. The average molecular weight is 228 g/mol. The molecule has 0 bridgehead atoms. The normalized spacial score (nSPS) is 9.94. The van der Waals surface area contributed by atoms with Gasteiger partial charge in [0.05, 0.1) is 19.5 Å². The molecular formula is C13H12N2O2. The Hall–Kier alpha value is -2.23. The molecule has 17 heavy (non-hydrogen) atoms. The summed E-state index contributed by atoms with van der Waals surface area (Å²) in [6.07, 6.45) is 3.32. The summed E-state index contributed by atoms with van der Waals surface area (Å²) in [4.78, 5) is 11.9. The van der Waals surface area contributed by atoms with Gasteiger partial charge in [-0.05, 0) is 23.8 Å². The molecule has 0 aliphatic rings. The molecule has 0 saturated carbocycles. The summed E-state index contributed by atoms with van der Waals surface area (Å²) in [5, 5.41) is 7.33. The van der Waals surface area contributed by atoms with Crippen molar-refractivity contribution in [1.29, 1.82) is 0 Å². The third-order valence-corrected chi connectivity index (χ3v) is 2.41. The number of aromatic nitrogens is 2. The van der Waals surface area contributed by atoms with E-state index in [1.54, 1.807) is 13.2 Å². The Morgan fingerprint density at radius 1 is 1.29 bits per heavy atom. The van der Waals surface area contributed by atoms with Gasteiger partial charge in [-0.15, -0.1) is 0 Å². The monoisotopic (exact) mass is 228 g/mol. The fourth-order valence-corrected chi connectivity index (χ4v) is 1.53. The molecule has 0 aliphatic carbocycles. The topological polar surface area (TPSA) is 52.1 Å². The lowest BCUT2D eigenvalue weighted by Crippen LogP contribution is -2.04. The fraction of sp³-hybridized carbons (Fsp3) is 0.154. The molecular weight excluding hydrogens is 216 g/mol. The van der Waals surface area contributed by atoms with Crippen LogP contribution in [0.25, 0.3) is 0 Å². The highest BCUT2D eigenvalue weighted by Gasteiger charge is 2.07. The van der Waals surface area contributed by atoms with Crippen molar-refractivity contribution in [3.8, 4) is 5.75 Å². The molecule has 1 heterocycles. The van der Waals surface area contributed by atoms with Crippen LogP contribution in [0.15, 0.2) is 42.7 Å². The first kappa shape index (κ1) is 11.3. The van der Waals surface area contributed by atoms with Gasteiger partial charge < -0.3 is 4.74 Å². The lowest BCUT2D eigenvalue weighted by Gasteiger charge is -2.03. The number of ketones is 1. The van der Waals surface area contributed by atoms with E-state index in [-0.39, 0.29) is 5.78 Å². The van der Waals surface area contributed by atoms with Crippen LogP contribution in [-0.4, -0.2) is 23.1 Å². The minimum Gasteiger partial charge on any atom is -0.497 e. The number of benzene rings is 1. The Morgan fingerprint density at radius 2 is 2.18 bits per heavy atom. The molecule has 0 spiro atoms. The Labute approximate surface area is 99.3 Å². The molecule has 86 valence electrons. The Morgan fingerprint density at radius 3 is 2.88 bits per heavy atom. The van der Waals surface area contributed by atoms with Crippen molar-refractivity contribution in [2.24, 2.45) is 0 Å². The summed E-state index contributed by atoms with van der Waals surface area (Å²) in [7, 11) is 1.60. The van der Waals surface area contributed by atoms with E-state index in [9.17, 15) is 4.79 Å². The lowest BCUT2D eigenvalue weighted by molar-refractivity contribution is 0.0992. The highest BCUT2D eigenvalue weighted by molar-refractivity contribution is 5.97. The van der Waals surface area contributed by atoms with Gasteiger partial charge in [0.25, 0.3) is 0 Å². The molecule has 1 aromatic carbocycles. The molecule has 0 amide bonds. The van der Waals surface area contributed by atoms with E-state index in [2.05, 4.69) is 10.2 Å². The minimum absolute atomic E-state index is 0.0214. The number of carbonyl (C=O) groups is 1. The van der Waals surface area contributed by atoms with Gasteiger partial charge in [0.2, 0.25) is 0 Å². The van der Waals surface area contributed by atoms with E-state index >= 15 is 0 Å². The molecule has 1 aromatic heterocycles. The van der Waals surface area contributed by atoms with Crippen LogP contribution in [0, 0.1) is 0 Å². The summed E-state index contributed by atoms with van der Waals surface area (Å²) in [5.41, 5.74) is 1.49. The smallest absolute Gasteiger partial charge is 0.168 e. The predicted octanol–water partition coefficient (Wildman–Crippen LogP) is 1.91. The second-order valence-electron chi connectivity index (χ2n) is 3.58. The number of hydrogen-bond donors (Lipinski definition) is 0. The Bertz CT molecular complexity index is 512. The van der Waals surface area contributed by atoms with E-state index in [1.165, 1.54) is 12.4 Å². The van der Waals surface area contributed by atoms with Gasteiger partial charge in [-0.3, -0.25) is 4.79 Å². The molecule has 2 rings (SSSR count). The van der Waals surface area contributed by atoms with E-state index in [0.717, 1.165) is 11.3 Å². The van der Waals surface area contributed by atoms with Crippen LogP contribution in [0.5, 0.6) is 5.75 Å². The Balaban J connectivity index is 2.13. The van der Waals surface area contributed by atoms with Crippen molar-refractivity contribution in [2.75, 3.05) is 7.11 Å². The summed E-state index contributed by atoms with van der Waals surface area (Å²) in [6, 6.07) is 9.13. The molecule has 4 nitrogen and oxygen atoms in total. The molecule has 4 heteroatoms. The number of methoxy groups -OCH3 is 1. The maximum Gasteiger partial charge on any atom is 0.168 e. The van der Waals surface area contributed by atoms with Gasteiger partial charge in [-0.25, -0.2) is 0 Å². The second-order valence-corrected chi connectivity index (χ2v) is 3.58. The van der Waals surface area contributed by atoms with Crippen molar-refractivity contribution in [1.82, 2.24) is 10.2 Å². The first-order chi connectivity index (χ1) is 8.29. The Kier molecular flexibility index (Phi) is 3.45. The second kappa shape index (κ2) is 5.21. The van der Waals surface area contributed by atoms with Gasteiger partial charge in [-0.1, -0.05) is 12.1 Å². The van der Waals surface area contributed by atoms with Crippen molar-refractivity contribution in [2.45, 2.75) is 6.42 Å². The van der Waals surface area contributed by atoms with Gasteiger partial charge in [-0.2, -0.15) is 10.2 Å². The largest absolute Gasteiger partial charge is 0.497 e. The van der Waals surface area contributed by atoms with Crippen molar-refractivity contribution in [3.05, 3.63) is 53.9 Å². The minimum atomic E-state index is 0.0214. The summed E-state index contributed by atoms with van der Waals surface area (Å²) >= 11 is 0. The highest BCUT2D eigenvalue weighted by atomic mass is 16.5. The van der Waals surface area contributed by atoms with Crippen LogP contribution in [0.4, 0.5) is 0 Å². The number of hydrogen-bond acceptors (Lipinski definition) is 4. The zero-order valence-electron chi connectivity index (χ0n) is 9.46. The zero-order chi connectivity index (χ0) is 12.1. The maximum atomic E-state index is 11.9. The summed E-state index contributed by atoms with van der Waals surface area (Å²) in [6.45, 7) is 0. The number of nitrogens with zero attached hydrogens (tertiary/aromatic N) is 2. The highest BCUT2D eigenvalue weighted by Crippen LogP contribution is 2.14. The number of Topliss-reactive ketones (excluding diaryl/α,β-unsaturated/α-hetero) is 1. The van der Waals surface area contributed by atoms with Crippen molar-refractivity contribution in [3.63, 3.8) is 0 Å². The maximum absolute atomic E-state index is 11.9. The van der Waals surface area contributed by atoms with Crippen LogP contribution in [0.1, 0.15) is 15.9 Å². The first-order valence-electron chi connectivity index (χ1n) is 5.22. The molecule has 0 atom stereocenters. The molecule has 0 N–H and O–H groups in total. The van der Waals surface area contributed by atoms with Crippen LogP contribution in [0.2, 0.25) is 0 Å². The van der Waals surface area contributed by atoms with E-state index in [1.807, 2.05) is 24.3 Å². The first-order valence-corrected chi connectivity index (χ1v) is 5.22. The van der Waals surface area contributed by atoms with Gasteiger partial charge >= 0.3 is 0 Å². The predicted molar refractivity (Wildman–Crippen MR) is 63.1 cm³/mol. The summed E-state index contributed by atoms with van der Waals surface area (Å²) < 4.78 is 5.11. The number of carbonyl (C=O) groups excluding carboxylic acids is 1. The molecule has 0 radical (unpaired) electrons. The zero-order valence-corrected chi connectivity index (χ0v) is 9.46. The summed E-state index contributed by atoms with van der Waals surface area (Å²) in [5.74, 6) is 0.774. The third kappa shape index (κ3) is 2.87. The van der Waals surface area contributed by atoms with Gasteiger partial charge in [0.15, 0.2) is 5.78 Å². The molecule has 0 aliphatic heterocycles. The van der Waals surface area contributed by atoms with Crippen LogP contribution in [-0.2, 0) is 6.42 Å². The van der Waals surface area contributed by atoms with Gasteiger partial charge in [0.1, 0.15) is 5.75 Å². The molecule has 0 unspecified atom stereocenters. The van der Waals surface area contributed by atoms with E-state index in [0.29, 0.717) is 12.0 Å². The molecule has 2 aromatic rings. The van der Waals surface area contributed by atoms with Crippen LogP contribution < -0.4 is 4.74 Å². The van der Waals surface area contributed by atoms with E-state index < -0.39 is 0 Å². The van der Waals surface area contributed by atoms with Crippen molar-refractivity contribution >= 4 is 5.78 Å². The quantitative estimate of drug-likeness (QED) is 0.750. The number of rotatable bonds is 4. The molecule has 0 fully saturated rings. The standard InChI is InChI=1S/C13H12N2O2/c1-17-12-4-2-3-10(7-12)8-13(16)11-5-6-14-15-9-11/h2-7,9H,8H2,1H3. The third-order valence-electron chi connectivity index (χ3n) is 2.41. The number of ether oxygens (including phenoxy) is 1. The fourth-order valence-electron chi connectivity index (χ4n) is 1.53. The van der Waals surface area contributed by atoms with E-state index in [4.69, 9.17) is 4.74 Å². The van der Waals surface area contributed by atoms with Crippen LogP contribution >= 0.6 is 0 Å². The molecule has 0 saturated heterocycles.